The summed E-state index contributed by atoms with van der Waals surface area (Å²) in [6.45, 7) is 8.93. The number of hydrogen-bond acceptors (Lipinski definition) is 10. The summed E-state index contributed by atoms with van der Waals surface area (Å²) >= 11 is 0. The molecule has 0 aromatic heterocycles. The molecule has 0 unspecified atom stereocenters. The topological polar surface area (TPSA) is 108 Å². The highest BCUT2D eigenvalue weighted by molar-refractivity contribution is 4.49. The zero-order valence-electron chi connectivity index (χ0n) is 17.9. The first kappa shape index (κ1) is 28.6. The van der Waals surface area contributed by atoms with Crippen LogP contribution in [0.4, 0.5) is 0 Å². The van der Waals surface area contributed by atoms with Gasteiger partial charge in [0, 0.05) is 13.1 Å². The van der Waals surface area contributed by atoms with Gasteiger partial charge in [-0.3, -0.25) is 0 Å². The minimum Gasteiger partial charge on any atom is -0.394 e. The first-order valence-electron chi connectivity index (χ1n) is 10.3. The Bertz CT molecular complexity index is 301. The fraction of sp³-hybridized carbons (Fsp3) is 1.00. The van der Waals surface area contributed by atoms with Crippen molar-refractivity contribution in [3.05, 3.63) is 0 Å². The van der Waals surface area contributed by atoms with E-state index in [9.17, 15) is 0 Å². The van der Waals surface area contributed by atoms with E-state index in [-0.39, 0.29) is 13.2 Å². The van der Waals surface area contributed by atoms with Gasteiger partial charge in [-0.05, 0) is 7.05 Å². The fourth-order valence-corrected chi connectivity index (χ4v) is 1.99. The molecule has 0 aliphatic rings. The van der Waals surface area contributed by atoms with Crippen LogP contribution < -0.4 is 0 Å². The summed E-state index contributed by atoms with van der Waals surface area (Å²) in [6.07, 6.45) is 0. The summed E-state index contributed by atoms with van der Waals surface area (Å²) < 4.78 is 37.3. The number of aliphatic hydroxyl groups is 2. The Morgan fingerprint density at radius 3 is 0.966 bits per heavy atom. The van der Waals surface area contributed by atoms with Crippen LogP contribution >= 0.6 is 0 Å². The standard InChI is InChI=1S/C19H41NO9/c1-20(2-6-23-8-4-21)3-7-24-10-12-26-14-16-28-18-19-29-17-15-27-13-11-25-9-5-22/h21-22H,2-19H2,1H3. The number of rotatable bonds is 25. The molecule has 0 aromatic carbocycles. The maximum atomic E-state index is 8.61. The van der Waals surface area contributed by atoms with Crippen LogP contribution in [0.25, 0.3) is 0 Å². The maximum absolute atomic E-state index is 8.61. The van der Waals surface area contributed by atoms with E-state index < -0.39 is 0 Å². The van der Waals surface area contributed by atoms with Crippen molar-refractivity contribution in [2.75, 3.05) is 126 Å². The Balaban J connectivity index is 3.06. The van der Waals surface area contributed by atoms with Crippen LogP contribution in [0, 0.1) is 0 Å². The van der Waals surface area contributed by atoms with Crippen molar-refractivity contribution in [1.29, 1.82) is 0 Å². The lowest BCUT2D eigenvalue weighted by Crippen LogP contribution is -2.27. The van der Waals surface area contributed by atoms with Crippen LogP contribution in [0.15, 0.2) is 0 Å². The second kappa shape index (κ2) is 25.6. The molecule has 0 spiro atoms. The monoisotopic (exact) mass is 427 g/mol. The average molecular weight is 428 g/mol. The first-order chi connectivity index (χ1) is 14.3. The van der Waals surface area contributed by atoms with E-state index in [1.165, 1.54) is 0 Å². The van der Waals surface area contributed by atoms with Gasteiger partial charge >= 0.3 is 0 Å². The molecule has 10 heteroatoms. The quantitative estimate of drug-likeness (QED) is 0.177. The van der Waals surface area contributed by atoms with Crippen LogP contribution in [0.1, 0.15) is 0 Å². The van der Waals surface area contributed by atoms with Crippen LogP contribution in [-0.4, -0.2) is 141 Å². The van der Waals surface area contributed by atoms with Gasteiger partial charge in [-0.25, -0.2) is 0 Å². The van der Waals surface area contributed by atoms with Crippen molar-refractivity contribution in [1.82, 2.24) is 4.90 Å². The van der Waals surface area contributed by atoms with Crippen molar-refractivity contribution >= 4 is 0 Å². The summed E-state index contributed by atoms with van der Waals surface area (Å²) in [7, 11) is 2.01. The molecule has 0 saturated carbocycles. The van der Waals surface area contributed by atoms with Gasteiger partial charge in [0.1, 0.15) is 0 Å². The van der Waals surface area contributed by atoms with Gasteiger partial charge in [-0.15, -0.1) is 0 Å². The second-order valence-corrected chi connectivity index (χ2v) is 6.04. The Kier molecular flexibility index (Phi) is 25.3. The molecule has 0 bridgehead atoms. The van der Waals surface area contributed by atoms with Crippen molar-refractivity contribution < 1.29 is 43.4 Å². The van der Waals surface area contributed by atoms with Crippen LogP contribution in [0.3, 0.4) is 0 Å². The highest BCUT2D eigenvalue weighted by Crippen LogP contribution is 1.87. The molecular formula is C19H41NO9. The van der Waals surface area contributed by atoms with Crippen LogP contribution in [-0.2, 0) is 33.2 Å². The Morgan fingerprint density at radius 2 is 0.655 bits per heavy atom. The first-order valence-corrected chi connectivity index (χ1v) is 10.3. The Labute approximate surface area is 174 Å². The summed E-state index contributed by atoms with van der Waals surface area (Å²) in [4.78, 5) is 2.12. The van der Waals surface area contributed by atoms with Gasteiger partial charge in [-0.2, -0.15) is 0 Å². The van der Waals surface area contributed by atoms with Gasteiger partial charge < -0.3 is 48.3 Å². The lowest BCUT2D eigenvalue weighted by atomic mass is 10.5. The molecule has 0 heterocycles. The second-order valence-electron chi connectivity index (χ2n) is 6.04. The van der Waals surface area contributed by atoms with Crippen LogP contribution in [0.2, 0.25) is 0 Å². The number of aliphatic hydroxyl groups excluding tert-OH is 2. The third-order valence-corrected chi connectivity index (χ3v) is 3.57. The molecule has 0 amide bonds. The van der Waals surface area contributed by atoms with Gasteiger partial charge in [0.15, 0.2) is 0 Å². The van der Waals surface area contributed by atoms with Crippen molar-refractivity contribution in [3.63, 3.8) is 0 Å². The largest absolute Gasteiger partial charge is 0.394 e. The van der Waals surface area contributed by atoms with Gasteiger partial charge in [0.25, 0.3) is 0 Å². The van der Waals surface area contributed by atoms with E-state index in [0.29, 0.717) is 92.5 Å². The highest BCUT2D eigenvalue weighted by Gasteiger charge is 1.98. The normalized spacial score (nSPS) is 11.6. The molecule has 0 atom stereocenters. The number of nitrogens with zero attached hydrogens (tertiary/aromatic N) is 1. The zero-order chi connectivity index (χ0) is 21.3. The predicted molar refractivity (Wildman–Crippen MR) is 107 cm³/mol. The Morgan fingerprint density at radius 1 is 0.414 bits per heavy atom. The van der Waals surface area contributed by atoms with E-state index >= 15 is 0 Å². The summed E-state index contributed by atoms with van der Waals surface area (Å²) in [6, 6.07) is 0. The number of ether oxygens (including phenoxy) is 7. The molecule has 0 rings (SSSR count). The molecule has 0 radical (unpaired) electrons. The van der Waals surface area contributed by atoms with Gasteiger partial charge in [-0.1, -0.05) is 0 Å². The lowest BCUT2D eigenvalue weighted by molar-refractivity contribution is -0.0188. The van der Waals surface area contributed by atoms with Crippen LogP contribution in [0.5, 0.6) is 0 Å². The summed E-state index contributed by atoms with van der Waals surface area (Å²) in [5, 5.41) is 17.1. The maximum Gasteiger partial charge on any atom is 0.0701 e. The van der Waals surface area contributed by atoms with Crippen molar-refractivity contribution in [2.24, 2.45) is 0 Å². The SMILES string of the molecule is CN(CCOCCO)CCOCCOCCOCCOCCOCCOCCO. The Hall–Kier alpha value is -0.400. The van der Waals surface area contributed by atoms with Crippen molar-refractivity contribution in [3.8, 4) is 0 Å². The van der Waals surface area contributed by atoms with E-state index in [4.69, 9.17) is 43.4 Å². The summed E-state index contributed by atoms with van der Waals surface area (Å²) in [5.74, 6) is 0. The van der Waals surface area contributed by atoms with Crippen molar-refractivity contribution in [2.45, 2.75) is 0 Å². The molecule has 0 aliphatic carbocycles. The number of hydrogen-bond donors (Lipinski definition) is 2. The average Bonchev–Trinajstić information content (AvgIpc) is 2.73. The molecule has 0 fully saturated rings. The smallest absolute Gasteiger partial charge is 0.0701 e. The summed E-state index contributed by atoms with van der Waals surface area (Å²) in [5.41, 5.74) is 0. The van der Waals surface area contributed by atoms with Gasteiger partial charge in [0.05, 0.1) is 106 Å². The molecule has 176 valence electrons. The molecule has 2 N–H and O–H groups in total. The zero-order valence-corrected chi connectivity index (χ0v) is 17.9. The predicted octanol–water partition coefficient (Wildman–Crippen LogP) is -0.981. The lowest BCUT2D eigenvalue weighted by Gasteiger charge is -2.16. The minimum atomic E-state index is 0.0318. The fourth-order valence-electron chi connectivity index (χ4n) is 1.99. The molecule has 29 heavy (non-hydrogen) atoms. The molecule has 10 nitrogen and oxygen atoms in total. The van der Waals surface area contributed by atoms with E-state index in [2.05, 4.69) is 4.90 Å². The molecular weight excluding hydrogens is 386 g/mol. The third-order valence-electron chi connectivity index (χ3n) is 3.57. The van der Waals surface area contributed by atoms with Gasteiger partial charge in [0.2, 0.25) is 0 Å². The van der Waals surface area contributed by atoms with E-state index in [0.717, 1.165) is 13.1 Å². The minimum absolute atomic E-state index is 0.0318. The third kappa shape index (κ3) is 25.6. The molecule has 0 saturated heterocycles. The van der Waals surface area contributed by atoms with E-state index in [1.54, 1.807) is 0 Å². The highest BCUT2D eigenvalue weighted by atomic mass is 16.6. The number of likely N-dealkylation sites (N-methyl/N-ethyl adjacent to an activating group) is 1. The molecule has 0 aromatic rings. The molecule has 0 aliphatic heterocycles. The van der Waals surface area contributed by atoms with E-state index in [1.807, 2.05) is 7.05 Å².